The second kappa shape index (κ2) is 2.96. The highest BCUT2D eigenvalue weighted by molar-refractivity contribution is 7.17. The normalized spacial score (nSPS) is 10.9. The van der Waals surface area contributed by atoms with Crippen molar-refractivity contribution in [3.05, 3.63) is 42.2 Å². The topological polar surface area (TPSA) is 28.7 Å². The number of imidazole rings is 1. The van der Waals surface area contributed by atoms with Crippen LogP contribution < -0.4 is 0 Å². The van der Waals surface area contributed by atoms with Crippen LogP contribution in [0.4, 0.5) is 0 Å². The monoisotopic (exact) mass is 200 g/mol. The Morgan fingerprint density at radius 3 is 3.07 bits per heavy atom. The molecule has 1 aromatic carbocycles. The summed E-state index contributed by atoms with van der Waals surface area (Å²) in [5.74, 6) is 0. The maximum absolute atomic E-state index is 4.01. The molecule has 68 valence electrons. The summed E-state index contributed by atoms with van der Waals surface area (Å²) < 4.78 is 1.32. The summed E-state index contributed by atoms with van der Waals surface area (Å²) in [5.41, 5.74) is 2.26. The van der Waals surface area contributed by atoms with Gasteiger partial charge in [0.15, 0.2) is 0 Å². The molecule has 3 heteroatoms. The van der Waals surface area contributed by atoms with Crippen molar-refractivity contribution in [3.63, 3.8) is 0 Å². The molecule has 2 nitrogen and oxygen atoms in total. The van der Waals surface area contributed by atoms with Gasteiger partial charge in [-0.3, -0.25) is 0 Å². The molecule has 0 bridgehead atoms. The van der Waals surface area contributed by atoms with Crippen LogP contribution in [0.25, 0.3) is 21.3 Å². The molecule has 0 saturated heterocycles. The lowest BCUT2D eigenvalue weighted by molar-refractivity contribution is 1.31. The molecule has 3 aromatic rings. The van der Waals surface area contributed by atoms with Crippen LogP contribution in [0.3, 0.4) is 0 Å². The van der Waals surface area contributed by atoms with E-state index in [4.69, 9.17) is 0 Å². The van der Waals surface area contributed by atoms with Crippen LogP contribution in [0.2, 0.25) is 0 Å². The molecule has 0 unspecified atom stereocenters. The number of aromatic nitrogens is 2. The number of nitrogens with one attached hydrogen (secondary N) is 1. The van der Waals surface area contributed by atoms with Crippen LogP contribution >= 0.6 is 11.3 Å². The van der Waals surface area contributed by atoms with Crippen molar-refractivity contribution < 1.29 is 0 Å². The maximum Gasteiger partial charge on any atom is 0.0924 e. The molecule has 0 atom stereocenters. The van der Waals surface area contributed by atoms with Gasteiger partial charge in [-0.2, -0.15) is 0 Å². The molecule has 0 aliphatic rings. The van der Waals surface area contributed by atoms with Gasteiger partial charge >= 0.3 is 0 Å². The summed E-state index contributed by atoms with van der Waals surface area (Å²) >= 11 is 1.76. The first-order valence-electron chi connectivity index (χ1n) is 4.39. The minimum absolute atomic E-state index is 1.07. The number of fused-ring (bicyclic) bond motifs is 1. The van der Waals surface area contributed by atoms with Crippen molar-refractivity contribution in [2.75, 3.05) is 0 Å². The fourth-order valence-electron chi connectivity index (χ4n) is 1.54. The van der Waals surface area contributed by atoms with E-state index in [2.05, 4.69) is 39.6 Å². The summed E-state index contributed by atoms with van der Waals surface area (Å²) in [6.45, 7) is 0. The van der Waals surface area contributed by atoms with Gasteiger partial charge in [-0.15, -0.1) is 11.3 Å². The Morgan fingerprint density at radius 1 is 1.21 bits per heavy atom. The first kappa shape index (κ1) is 7.76. The SMILES string of the molecule is c1ncc(-c2ccc3ccsc3c2)[nH]1. The third kappa shape index (κ3) is 1.14. The highest BCUT2D eigenvalue weighted by Crippen LogP contribution is 2.26. The fourth-order valence-corrected chi connectivity index (χ4v) is 2.36. The van der Waals surface area contributed by atoms with Crippen LogP contribution in [0.5, 0.6) is 0 Å². The number of rotatable bonds is 1. The zero-order valence-corrected chi connectivity index (χ0v) is 8.21. The Bertz CT molecular complexity index is 551. The molecule has 0 aliphatic heterocycles. The highest BCUT2D eigenvalue weighted by Gasteiger charge is 2.00. The predicted octanol–water partition coefficient (Wildman–Crippen LogP) is 3.29. The number of hydrogen-bond donors (Lipinski definition) is 1. The Balaban J connectivity index is 2.23. The highest BCUT2D eigenvalue weighted by atomic mass is 32.1. The van der Waals surface area contributed by atoms with E-state index in [1.807, 2.05) is 6.20 Å². The number of nitrogens with zero attached hydrogens (tertiary/aromatic N) is 1. The van der Waals surface area contributed by atoms with E-state index >= 15 is 0 Å². The molecule has 0 fully saturated rings. The van der Waals surface area contributed by atoms with E-state index < -0.39 is 0 Å². The Kier molecular flexibility index (Phi) is 1.64. The van der Waals surface area contributed by atoms with E-state index in [1.54, 1.807) is 17.7 Å². The zero-order valence-electron chi connectivity index (χ0n) is 7.40. The third-order valence-corrected chi connectivity index (χ3v) is 3.15. The smallest absolute Gasteiger partial charge is 0.0924 e. The minimum atomic E-state index is 1.07. The molecule has 0 aliphatic carbocycles. The lowest BCUT2D eigenvalue weighted by Crippen LogP contribution is -1.75. The van der Waals surface area contributed by atoms with E-state index in [0.717, 1.165) is 5.69 Å². The van der Waals surface area contributed by atoms with Crippen molar-refractivity contribution in [2.45, 2.75) is 0 Å². The molecule has 1 N–H and O–H groups in total. The van der Waals surface area contributed by atoms with Crippen LogP contribution in [-0.2, 0) is 0 Å². The van der Waals surface area contributed by atoms with Crippen LogP contribution in [0.15, 0.2) is 42.2 Å². The van der Waals surface area contributed by atoms with Crippen LogP contribution in [0.1, 0.15) is 0 Å². The summed E-state index contributed by atoms with van der Waals surface area (Å²) in [4.78, 5) is 7.12. The van der Waals surface area contributed by atoms with Gasteiger partial charge in [0.25, 0.3) is 0 Å². The second-order valence-electron chi connectivity index (χ2n) is 3.14. The van der Waals surface area contributed by atoms with Crippen LogP contribution in [0, 0.1) is 0 Å². The molecule has 3 rings (SSSR count). The molecule has 0 amide bonds. The molecule has 14 heavy (non-hydrogen) atoms. The van der Waals surface area contributed by atoms with E-state index in [0.29, 0.717) is 0 Å². The quantitative estimate of drug-likeness (QED) is 0.641. The van der Waals surface area contributed by atoms with E-state index in [1.165, 1.54) is 15.6 Å². The number of aromatic amines is 1. The molecule has 2 heterocycles. The lowest BCUT2D eigenvalue weighted by atomic mass is 10.1. The molecule has 0 saturated carbocycles. The summed E-state index contributed by atoms with van der Waals surface area (Å²) in [5, 5.41) is 3.42. The fraction of sp³-hybridized carbons (Fsp3) is 0. The Hall–Kier alpha value is -1.61. The molecular weight excluding hydrogens is 192 g/mol. The van der Waals surface area contributed by atoms with E-state index in [-0.39, 0.29) is 0 Å². The second-order valence-corrected chi connectivity index (χ2v) is 4.09. The van der Waals surface area contributed by atoms with Crippen molar-refractivity contribution in [2.24, 2.45) is 0 Å². The first-order valence-corrected chi connectivity index (χ1v) is 5.27. The van der Waals surface area contributed by atoms with Gasteiger partial charge in [0.2, 0.25) is 0 Å². The van der Waals surface area contributed by atoms with Gasteiger partial charge < -0.3 is 4.98 Å². The number of benzene rings is 1. The van der Waals surface area contributed by atoms with Crippen molar-refractivity contribution in [3.8, 4) is 11.3 Å². The van der Waals surface area contributed by atoms with Gasteiger partial charge in [-0.1, -0.05) is 12.1 Å². The van der Waals surface area contributed by atoms with Crippen molar-refractivity contribution in [1.29, 1.82) is 0 Å². The van der Waals surface area contributed by atoms with Crippen LogP contribution in [-0.4, -0.2) is 9.97 Å². The zero-order chi connectivity index (χ0) is 9.38. The average Bonchev–Trinajstić information content (AvgIpc) is 2.88. The standard InChI is InChI=1S/C11H8N2S/c1-2-9(10-6-12-7-13-10)5-11-8(1)3-4-14-11/h1-7H,(H,12,13). The molecule has 2 aromatic heterocycles. The Labute approximate surface area is 85.2 Å². The maximum atomic E-state index is 4.01. The van der Waals surface area contributed by atoms with E-state index in [9.17, 15) is 0 Å². The average molecular weight is 200 g/mol. The molecule has 0 radical (unpaired) electrons. The van der Waals surface area contributed by atoms with Gasteiger partial charge in [0, 0.05) is 10.3 Å². The number of H-pyrrole nitrogens is 1. The predicted molar refractivity (Wildman–Crippen MR) is 59.4 cm³/mol. The third-order valence-electron chi connectivity index (χ3n) is 2.27. The summed E-state index contributed by atoms with van der Waals surface area (Å²) in [6, 6.07) is 8.58. The van der Waals surface area contributed by atoms with Gasteiger partial charge in [-0.05, 0) is 22.9 Å². The van der Waals surface area contributed by atoms with Gasteiger partial charge in [0.05, 0.1) is 18.2 Å². The summed E-state index contributed by atoms with van der Waals surface area (Å²) in [7, 11) is 0. The lowest BCUT2D eigenvalue weighted by Gasteiger charge is -1.96. The molecular formula is C11H8N2S. The van der Waals surface area contributed by atoms with Crippen molar-refractivity contribution in [1.82, 2.24) is 9.97 Å². The molecule has 0 spiro atoms. The van der Waals surface area contributed by atoms with Gasteiger partial charge in [-0.25, -0.2) is 4.98 Å². The van der Waals surface area contributed by atoms with Crippen molar-refractivity contribution >= 4 is 21.4 Å². The summed E-state index contributed by atoms with van der Waals surface area (Å²) in [6.07, 6.45) is 3.54. The number of hydrogen-bond acceptors (Lipinski definition) is 2. The largest absolute Gasteiger partial charge is 0.345 e. The minimum Gasteiger partial charge on any atom is -0.345 e. The Morgan fingerprint density at radius 2 is 2.21 bits per heavy atom. The first-order chi connectivity index (χ1) is 6.93. The number of thiophene rings is 1. The van der Waals surface area contributed by atoms with Gasteiger partial charge in [0.1, 0.15) is 0 Å².